The van der Waals surface area contributed by atoms with Crippen molar-refractivity contribution in [3.8, 4) is 5.75 Å². The number of para-hydroxylation sites is 1. The summed E-state index contributed by atoms with van der Waals surface area (Å²) in [4.78, 5) is 21.0. The number of rotatable bonds is 2. The molecule has 1 aromatic heterocycles. The van der Waals surface area contributed by atoms with Gasteiger partial charge in [0.15, 0.2) is 0 Å². The molecule has 5 heteroatoms. The number of likely N-dealkylation sites (N-methyl/N-ethyl adjacent to an activating group) is 1. The van der Waals surface area contributed by atoms with Gasteiger partial charge in [-0.3, -0.25) is 4.79 Å². The van der Waals surface area contributed by atoms with Gasteiger partial charge >= 0.3 is 0 Å². The van der Waals surface area contributed by atoms with Crippen LogP contribution in [0.4, 0.5) is 0 Å². The number of carbonyl (C=O) groups excluding carboxylic acids is 1. The lowest BCUT2D eigenvalue weighted by atomic mass is 10.1. The van der Waals surface area contributed by atoms with Crippen molar-refractivity contribution in [2.24, 2.45) is 0 Å². The van der Waals surface area contributed by atoms with Gasteiger partial charge in [0.05, 0.1) is 0 Å². The van der Waals surface area contributed by atoms with Crippen LogP contribution in [0, 0.1) is 0 Å². The molecule has 1 aliphatic rings. The number of hydrogen-bond donors (Lipinski definition) is 1. The monoisotopic (exact) mass is 285 g/mol. The van der Waals surface area contributed by atoms with Gasteiger partial charge in [0.25, 0.3) is 5.91 Å². The number of amides is 1. The zero-order valence-electron chi connectivity index (χ0n) is 12.1. The molecule has 2 heterocycles. The molecule has 1 saturated heterocycles. The molecule has 0 spiro atoms. The normalized spacial score (nSPS) is 16.3. The van der Waals surface area contributed by atoms with Crippen molar-refractivity contribution in [1.29, 1.82) is 0 Å². The number of fused-ring (bicyclic) bond motifs is 1. The molecule has 1 N–H and O–H groups in total. The topological polar surface area (TPSA) is 56.7 Å². The van der Waals surface area contributed by atoms with E-state index in [1.165, 1.54) is 0 Å². The molecule has 110 valence electrons. The molecule has 1 aliphatic heterocycles. The Bertz CT molecular complexity index is 664. The zero-order valence-corrected chi connectivity index (χ0v) is 12.1. The minimum absolute atomic E-state index is 0.0593. The van der Waals surface area contributed by atoms with Crippen LogP contribution >= 0.6 is 0 Å². The number of aromatic hydroxyl groups is 1. The predicted octanol–water partition coefficient (Wildman–Crippen LogP) is 1.72. The Kier molecular flexibility index (Phi) is 3.75. The van der Waals surface area contributed by atoms with E-state index in [0.29, 0.717) is 11.2 Å². The maximum atomic E-state index is 12.5. The second-order valence-electron chi connectivity index (χ2n) is 5.27. The molecule has 0 unspecified atom stereocenters. The summed E-state index contributed by atoms with van der Waals surface area (Å²) >= 11 is 0. The Labute approximate surface area is 123 Å². The van der Waals surface area contributed by atoms with Gasteiger partial charge in [-0.15, -0.1) is 0 Å². The minimum atomic E-state index is -0.0593. The van der Waals surface area contributed by atoms with E-state index in [4.69, 9.17) is 0 Å². The second-order valence-corrected chi connectivity index (χ2v) is 5.27. The van der Waals surface area contributed by atoms with Crippen LogP contribution in [0.15, 0.2) is 30.3 Å². The summed E-state index contributed by atoms with van der Waals surface area (Å²) < 4.78 is 0. The SMILES string of the molecule is CCN1CCN(C(=O)c2ccc3cccc(O)c3n2)CC1. The number of nitrogens with zero attached hydrogens (tertiary/aromatic N) is 3. The fourth-order valence-corrected chi connectivity index (χ4v) is 2.68. The molecule has 0 radical (unpaired) electrons. The number of aromatic nitrogens is 1. The molecule has 3 rings (SSSR count). The molecule has 0 saturated carbocycles. The highest BCUT2D eigenvalue weighted by Gasteiger charge is 2.22. The lowest BCUT2D eigenvalue weighted by molar-refractivity contribution is 0.0638. The number of pyridine rings is 1. The maximum absolute atomic E-state index is 12.5. The molecule has 21 heavy (non-hydrogen) atoms. The zero-order chi connectivity index (χ0) is 14.8. The summed E-state index contributed by atoms with van der Waals surface area (Å²) in [7, 11) is 0. The number of phenols is 1. The van der Waals surface area contributed by atoms with Crippen LogP contribution in [0.3, 0.4) is 0 Å². The highest BCUT2D eigenvalue weighted by molar-refractivity contribution is 5.96. The molecule has 2 aromatic rings. The van der Waals surface area contributed by atoms with Gasteiger partial charge in [0.1, 0.15) is 17.0 Å². The first-order valence-corrected chi connectivity index (χ1v) is 7.29. The third-order valence-electron chi connectivity index (χ3n) is 4.02. The van der Waals surface area contributed by atoms with Gasteiger partial charge < -0.3 is 14.9 Å². The summed E-state index contributed by atoms with van der Waals surface area (Å²) in [5.41, 5.74) is 0.879. The summed E-state index contributed by atoms with van der Waals surface area (Å²) in [6, 6.07) is 8.79. The van der Waals surface area contributed by atoms with Crippen LogP contribution in [0.1, 0.15) is 17.4 Å². The van der Waals surface area contributed by atoms with Gasteiger partial charge in [-0.25, -0.2) is 4.98 Å². The quantitative estimate of drug-likeness (QED) is 0.913. The number of benzene rings is 1. The first-order valence-electron chi connectivity index (χ1n) is 7.29. The van der Waals surface area contributed by atoms with E-state index in [2.05, 4.69) is 16.8 Å². The number of phenolic OH excluding ortho intramolecular Hbond substituents is 1. The number of piperazine rings is 1. The second kappa shape index (κ2) is 5.69. The Hall–Kier alpha value is -2.14. The van der Waals surface area contributed by atoms with Crippen LogP contribution in [0.5, 0.6) is 5.75 Å². The highest BCUT2D eigenvalue weighted by Crippen LogP contribution is 2.22. The van der Waals surface area contributed by atoms with Crippen molar-refractivity contribution in [1.82, 2.24) is 14.8 Å². The summed E-state index contributed by atoms with van der Waals surface area (Å²) in [6.45, 7) is 6.41. The summed E-state index contributed by atoms with van der Waals surface area (Å²) in [5, 5.41) is 10.7. The van der Waals surface area contributed by atoms with E-state index in [9.17, 15) is 9.90 Å². The van der Waals surface area contributed by atoms with E-state index < -0.39 is 0 Å². The summed E-state index contributed by atoms with van der Waals surface area (Å²) in [6.07, 6.45) is 0. The van der Waals surface area contributed by atoms with Crippen LogP contribution in [-0.2, 0) is 0 Å². The van der Waals surface area contributed by atoms with E-state index in [0.717, 1.165) is 38.1 Å². The largest absolute Gasteiger partial charge is 0.506 e. The number of hydrogen-bond acceptors (Lipinski definition) is 4. The Morgan fingerprint density at radius 3 is 2.67 bits per heavy atom. The standard InChI is InChI=1S/C16H19N3O2/c1-2-18-8-10-19(11-9-18)16(21)13-7-6-12-4-3-5-14(20)15(12)17-13/h3-7,20H,2,8-11H2,1H3. The first-order chi connectivity index (χ1) is 10.2. The molecule has 0 atom stereocenters. The molecule has 1 amide bonds. The molecule has 0 bridgehead atoms. The van der Waals surface area contributed by atoms with Crippen molar-refractivity contribution >= 4 is 16.8 Å². The van der Waals surface area contributed by atoms with E-state index >= 15 is 0 Å². The molecular formula is C16H19N3O2. The van der Waals surface area contributed by atoms with Crippen molar-refractivity contribution in [2.45, 2.75) is 6.92 Å². The molecule has 1 aromatic carbocycles. The van der Waals surface area contributed by atoms with Crippen LogP contribution < -0.4 is 0 Å². The third-order valence-corrected chi connectivity index (χ3v) is 4.02. The van der Waals surface area contributed by atoms with Crippen molar-refractivity contribution in [3.05, 3.63) is 36.0 Å². The smallest absolute Gasteiger partial charge is 0.272 e. The van der Waals surface area contributed by atoms with Crippen LogP contribution in [0.25, 0.3) is 10.9 Å². The Morgan fingerprint density at radius 2 is 1.95 bits per heavy atom. The van der Waals surface area contributed by atoms with E-state index in [-0.39, 0.29) is 11.7 Å². The lowest BCUT2D eigenvalue weighted by Crippen LogP contribution is -2.48. The Balaban J connectivity index is 1.83. The Morgan fingerprint density at radius 1 is 1.19 bits per heavy atom. The highest BCUT2D eigenvalue weighted by atomic mass is 16.3. The van der Waals surface area contributed by atoms with Crippen LogP contribution in [-0.4, -0.2) is 58.5 Å². The number of carbonyl (C=O) groups is 1. The summed E-state index contributed by atoms with van der Waals surface area (Å²) in [5.74, 6) is 0.0499. The van der Waals surface area contributed by atoms with Crippen molar-refractivity contribution in [3.63, 3.8) is 0 Å². The first kappa shape index (κ1) is 13.8. The average molecular weight is 285 g/mol. The van der Waals surface area contributed by atoms with Gasteiger partial charge in [-0.05, 0) is 18.7 Å². The van der Waals surface area contributed by atoms with Crippen molar-refractivity contribution < 1.29 is 9.90 Å². The third kappa shape index (κ3) is 2.69. The van der Waals surface area contributed by atoms with Gasteiger partial charge in [-0.2, -0.15) is 0 Å². The van der Waals surface area contributed by atoms with Gasteiger partial charge in [0, 0.05) is 31.6 Å². The lowest BCUT2D eigenvalue weighted by Gasteiger charge is -2.33. The average Bonchev–Trinajstić information content (AvgIpc) is 2.54. The van der Waals surface area contributed by atoms with Gasteiger partial charge in [-0.1, -0.05) is 25.1 Å². The fourth-order valence-electron chi connectivity index (χ4n) is 2.68. The predicted molar refractivity (Wildman–Crippen MR) is 81.4 cm³/mol. The molecular weight excluding hydrogens is 266 g/mol. The van der Waals surface area contributed by atoms with Crippen molar-refractivity contribution in [2.75, 3.05) is 32.7 Å². The fraction of sp³-hybridized carbons (Fsp3) is 0.375. The van der Waals surface area contributed by atoms with E-state index in [1.54, 1.807) is 18.2 Å². The molecule has 0 aliphatic carbocycles. The van der Waals surface area contributed by atoms with Gasteiger partial charge in [0.2, 0.25) is 0 Å². The van der Waals surface area contributed by atoms with E-state index in [1.807, 2.05) is 17.0 Å². The minimum Gasteiger partial charge on any atom is -0.506 e. The maximum Gasteiger partial charge on any atom is 0.272 e. The molecule has 5 nitrogen and oxygen atoms in total. The van der Waals surface area contributed by atoms with Crippen LogP contribution in [0.2, 0.25) is 0 Å². The molecule has 1 fully saturated rings.